The fourth-order valence-electron chi connectivity index (χ4n) is 1.89. The minimum atomic E-state index is 0.557. The second kappa shape index (κ2) is 6.57. The second-order valence-corrected chi connectivity index (χ2v) is 5.49. The van der Waals surface area contributed by atoms with Gasteiger partial charge in [0, 0.05) is 18.1 Å². The summed E-state index contributed by atoms with van der Waals surface area (Å²) in [5.74, 6) is 0. The highest BCUT2D eigenvalue weighted by Gasteiger charge is 2.11. The van der Waals surface area contributed by atoms with E-state index in [2.05, 4.69) is 15.8 Å². The molecule has 2 rings (SSSR count). The van der Waals surface area contributed by atoms with Crippen LogP contribution in [0.5, 0.6) is 0 Å². The van der Waals surface area contributed by atoms with E-state index >= 15 is 0 Å². The molecule has 0 radical (unpaired) electrons. The van der Waals surface area contributed by atoms with Gasteiger partial charge in [-0.2, -0.15) is 0 Å². The molecule has 1 aromatic carbocycles. The number of piperidine rings is 1. The average Bonchev–Trinajstić information content (AvgIpc) is 2.34. The molecule has 1 aliphatic rings. The lowest BCUT2D eigenvalue weighted by Crippen LogP contribution is -2.46. The first-order valence-corrected chi connectivity index (χ1v) is 7.09. The zero-order chi connectivity index (χ0) is 13.0. The molecule has 6 heteroatoms. The molecule has 1 heterocycles. The first-order valence-electron chi connectivity index (χ1n) is 5.93. The van der Waals surface area contributed by atoms with Crippen molar-refractivity contribution in [3.05, 3.63) is 28.2 Å². The average molecular weight is 304 g/mol. The van der Waals surface area contributed by atoms with E-state index in [0.29, 0.717) is 15.2 Å². The molecule has 3 nitrogen and oxygen atoms in total. The van der Waals surface area contributed by atoms with Gasteiger partial charge < -0.3 is 5.32 Å². The third kappa shape index (κ3) is 3.99. The first kappa shape index (κ1) is 13.9. The van der Waals surface area contributed by atoms with Gasteiger partial charge >= 0.3 is 0 Å². The number of nitrogens with zero attached hydrogens (tertiary/aromatic N) is 1. The van der Waals surface area contributed by atoms with Crippen LogP contribution in [-0.4, -0.2) is 23.2 Å². The molecule has 0 bridgehead atoms. The predicted molar refractivity (Wildman–Crippen MR) is 81.2 cm³/mol. The van der Waals surface area contributed by atoms with Crippen molar-refractivity contribution in [1.29, 1.82) is 0 Å². The summed E-state index contributed by atoms with van der Waals surface area (Å²) in [6.07, 6.45) is 3.70. The molecule has 1 saturated heterocycles. The van der Waals surface area contributed by atoms with Crippen LogP contribution >= 0.6 is 35.4 Å². The van der Waals surface area contributed by atoms with Crippen LogP contribution in [0.15, 0.2) is 18.2 Å². The summed E-state index contributed by atoms with van der Waals surface area (Å²) in [7, 11) is 0. The number of hydrogen-bond donors (Lipinski definition) is 2. The number of thiocarbonyl (C=S) groups is 1. The maximum atomic E-state index is 6.07. The Morgan fingerprint density at radius 3 is 2.56 bits per heavy atom. The summed E-state index contributed by atoms with van der Waals surface area (Å²) in [4.78, 5) is 0. The third-order valence-electron chi connectivity index (χ3n) is 2.80. The summed E-state index contributed by atoms with van der Waals surface area (Å²) in [5.41, 5.74) is 3.93. The minimum Gasteiger partial charge on any atom is -0.330 e. The van der Waals surface area contributed by atoms with Gasteiger partial charge in [0.15, 0.2) is 5.11 Å². The van der Waals surface area contributed by atoms with Crippen LogP contribution in [0.25, 0.3) is 0 Å². The Hall–Kier alpha value is -0.550. The lowest BCUT2D eigenvalue weighted by molar-refractivity contribution is 0.196. The van der Waals surface area contributed by atoms with Gasteiger partial charge in [0.1, 0.15) is 0 Å². The van der Waals surface area contributed by atoms with Crippen molar-refractivity contribution in [3.63, 3.8) is 0 Å². The number of hydrogen-bond acceptors (Lipinski definition) is 2. The van der Waals surface area contributed by atoms with Crippen molar-refractivity contribution >= 4 is 46.2 Å². The van der Waals surface area contributed by atoms with Crippen molar-refractivity contribution in [2.45, 2.75) is 19.3 Å². The number of anilines is 1. The van der Waals surface area contributed by atoms with Crippen LogP contribution in [0.1, 0.15) is 19.3 Å². The first-order chi connectivity index (χ1) is 8.65. The van der Waals surface area contributed by atoms with Crippen molar-refractivity contribution in [2.75, 3.05) is 18.4 Å². The smallest absolute Gasteiger partial charge is 0.185 e. The molecule has 2 N–H and O–H groups in total. The standard InChI is InChI=1S/C12H15Cl2N3S/c13-9-4-5-11(10(14)8-9)15-12(18)16-17-6-2-1-3-7-17/h4-5,8H,1-3,6-7H2,(H2,15,16,18). The number of rotatable bonds is 2. The third-order valence-corrected chi connectivity index (χ3v) is 3.54. The van der Waals surface area contributed by atoms with Crippen LogP contribution in [-0.2, 0) is 0 Å². The maximum absolute atomic E-state index is 6.07. The molecule has 0 aromatic heterocycles. The van der Waals surface area contributed by atoms with Gasteiger partial charge in [0.05, 0.1) is 10.7 Å². The van der Waals surface area contributed by atoms with E-state index in [-0.39, 0.29) is 0 Å². The molecule has 1 fully saturated rings. The molecular formula is C12H15Cl2N3S. The van der Waals surface area contributed by atoms with Crippen LogP contribution < -0.4 is 10.7 Å². The van der Waals surface area contributed by atoms with Gasteiger partial charge in [-0.15, -0.1) is 0 Å². The van der Waals surface area contributed by atoms with Gasteiger partial charge in [-0.05, 0) is 43.3 Å². The Balaban J connectivity index is 1.90. The molecule has 18 heavy (non-hydrogen) atoms. The minimum absolute atomic E-state index is 0.557. The van der Waals surface area contributed by atoms with E-state index in [1.807, 2.05) is 6.07 Å². The summed E-state index contributed by atoms with van der Waals surface area (Å²) in [5, 5.41) is 6.93. The molecule has 1 aromatic rings. The van der Waals surface area contributed by atoms with Crippen molar-refractivity contribution in [2.24, 2.45) is 0 Å². The van der Waals surface area contributed by atoms with E-state index in [0.717, 1.165) is 18.8 Å². The fourth-order valence-corrected chi connectivity index (χ4v) is 2.59. The Morgan fingerprint density at radius 1 is 1.17 bits per heavy atom. The van der Waals surface area contributed by atoms with Gasteiger partial charge in [0.25, 0.3) is 0 Å². The zero-order valence-corrected chi connectivity index (χ0v) is 12.2. The maximum Gasteiger partial charge on any atom is 0.185 e. The molecule has 0 amide bonds. The lowest BCUT2D eigenvalue weighted by atomic mass is 10.2. The highest BCUT2D eigenvalue weighted by atomic mass is 35.5. The summed E-state index contributed by atoms with van der Waals surface area (Å²) >= 11 is 17.2. The molecule has 1 aliphatic heterocycles. The van der Waals surface area contributed by atoms with Gasteiger partial charge in [0.2, 0.25) is 0 Å². The number of halogens is 2. The topological polar surface area (TPSA) is 27.3 Å². The fraction of sp³-hybridized carbons (Fsp3) is 0.417. The Kier molecular flexibility index (Phi) is 5.06. The van der Waals surface area contributed by atoms with E-state index in [9.17, 15) is 0 Å². The normalized spacial score (nSPS) is 16.3. The summed E-state index contributed by atoms with van der Waals surface area (Å²) < 4.78 is 0. The highest BCUT2D eigenvalue weighted by molar-refractivity contribution is 7.80. The second-order valence-electron chi connectivity index (χ2n) is 4.24. The number of nitrogens with one attached hydrogen (secondary N) is 2. The van der Waals surface area contributed by atoms with Crippen molar-refractivity contribution < 1.29 is 0 Å². The largest absolute Gasteiger partial charge is 0.330 e. The molecule has 0 aliphatic carbocycles. The van der Waals surface area contributed by atoms with Crippen LogP contribution in [0.4, 0.5) is 5.69 Å². The van der Waals surface area contributed by atoms with E-state index < -0.39 is 0 Å². The Bertz CT molecular complexity index is 433. The van der Waals surface area contributed by atoms with Crippen LogP contribution in [0.2, 0.25) is 10.0 Å². The van der Waals surface area contributed by atoms with Crippen LogP contribution in [0, 0.1) is 0 Å². The predicted octanol–water partition coefficient (Wildman–Crippen LogP) is 3.68. The van der Waals surface area contributed by atoms with Gasteiger partial charge in [-0.25, -0.2) is 5.01 Å². The number of benzene rings is 1. The van der Waals surface area contributed by atoms with E-state index in [4.69, 9.17) is 35.4 Å². The highest BCUT2D eigenvalue weighted by Crippen LogP contribution is 2.25. The SMILES string of the molecule is S=C(Nc1ccc(Cl)cc1Cl)NN1CCCCC1. The van der Waals surface area contributed by atoms with Gasteiger partial charge in [-0.3, -0.25) is 5.43 Å². The molecule has 0 atom stereocenters. The molecule has 0 saturated carbocycles. The van der Waals surface area contributed by atoms with E-state index in [1.54, 1.807) is 12.1 Å². The monoisotopic (exact) mass is 303 g/mol. The zero-order valence-electron chi connectivity index (χ0n) is 9.88. The van der Waals surface area contributed by atoms with Crippen molar-refractivity contribution in [1.82, 2.24) is 10.4 Å². The van der Waals surface area contributed by atoms with Gasteiger partial charge in [-0.1, -0.05) is 29.6 Å². The Labute approximate surface area is 122 Å². The number of hydrazine groups is 1. The quantitative estimate of drug-likeness (QED) is 0.815. The Morgan fingerprint density at radius 2 is 1.89 bits per heavy atom. The summed E-state index contributed by atoms with van der Waals surface area (Å²) in [6.45, 7) is 2.05. The summed E-state index contributed by atoms with van der Waals surface area (Å²) in [6, 6.07) is 5.28. The molecule has 0 unspecified atom stereocenters. The molecule has 0 spiro atoms. The van der Waals surface area contributed by atoms with E-state index in [1.165, 1.54) is 19.3 Å². The molecular weight excluding hydrogens is 289 g/mol. The molecule has 98 valence electrons. The lowest BCUT2D eigenvalue weighted by Gasteiger charge is -2.28. The van der Waals surface area contributed by atoms with Crippen LogP contribution in [0.3, 0.4) is 0 Å². The van der Waals surface area contributed by atoms with Crippen molar-refractivity contribution in [3.8, 4) is 0 Å².